The van der Waals surface area contributed by atoms with Gasteiger partial charge in [0, 0.05) is 5.92 Å². The summed E-state index contributed by atoms with van der Waals surface area (Å²) >= 11 is 0. The zero-order chi connectivity index (χ0) is 9.52. The molecule has 0 aliphatic heterocycles. The maximum absolute atomic E-state index is 2.20. The molecular weight excluding hydrogens is 156 g/mol. The second-order valence-corrected chi connectivity index (χ2v) is 2.99. The lowest BCUT2D eigenvalue weighted by molar-refractivity contribution is 1.07. The summed E-state index contributed by atoms with van der Waals surface area (Å²) in [6, 6.07) is 10.5. The Morgan fingerprint density at radius 3 is 1.92 bits per heavy atom. The molecule has 0 bridgehead atoms. The summed E-state index contributed by atoms with van der Waals surface area (Å²) in [5.41, 5.74) is 1.35. The van der Waals surface area contributed by atoms with Gasteiger partial charge in [-0.05, 0) is 19.4 Å². The van der Waals surface area contributed by atoms with Crippen molar-refractivity contribution in [3.8, 4) is 0 Å². The van der Waals surface area contributed by atoms with Crippen LogP contribution in [0, 0.1) is 0 Å². The summed E-state index contributed by atoms with van der Waals surface area (Å²) in [5.74, 6) is 0.427. The van der Waals surface area contributed by atoms with Crippen LogP contribution in [0.3, 0.4) is 0 Å². The van der Waals surface area contributed by atoms with E-state index in [4.69, 9.17) is 0 Å². The van der Waals surface area contributed by atoms with Crippen molar-refractivity contribution in [1.82, 2.24) is 0 Å². The first-order valence-corrected chi connectivity index (χ1v) is 4.69. The molecule has 0 heterocycles. The predicted octanol–water partition coefficient (Wildman–Crippen LogP) is 3.92. The van der Waals surface area contributed by atoms with E-state index in [1.807, 2.05) is 6.07 Å². The fourth-order valence-corrected chi connectivity index (χ4v) is 1.38. The molecular formula is C13H16. The Kier molecular flexibility index (Phi) is 4.04. The second kappa shape index (κ2) is 5.36. The molecule has 1 aromatic carbocycles. The minimum Gasteiger partial charge on any atom is -0.0907 e. The molecule has 0 unspecified atom stereocenters. The van der Waals surface area contributed by atoms with Gasteiger partial charge in [-0.25, -0.2) is 0 Å². The van der Waals surface area contributed by atoms with Crippen LogP contribution in [0.2, 0.25) is 0 Å². The number of allylic oxidation sites excluding steroid dienone is 4. The Balaban J connectivity index is 2.88. The van der Waals surface area contributed by atoms with E-state index in [0.29, 0.717) is 5.92 Å². The molecule has 0 amide bonds. The third-order valence-electron chi connectivity index (χ3n) is 1.98. The van der Waals surface area contributed by atoms with Gasteiger partial charge < -0.3 is 0 Å². The van der Waals surface area contributed by atoms with Gasteiger partial charge >= 0.3 is 0 Å². The molecule has 0 N–H and O–H groups in total. The first kappa shape index (κ1) is 9.79. The standard InChI is InChI=1S/C13H16/c1-3-8-12(9-4-2)13-10-6-5-7-11-13/h3-12H,1-2H3/b8-3-,9-4-. The molecule has 1 rings (SSSR count). The van der Waals surface area contributed by atoms with E-state index < -0.39 is 0 Å². The summed E-state index contributed by atoms with van der Waals surface area (Å²) < 4.78 is 0. The minimum atomic E-state index is 0.427. The molecule has 0 atom stereocenters. The van der Waals surface area contributed by atoms with Gasteiger partial charge in [-0.3, -0.25) is 0 Å². The Hall–Kier alpha value is -1.30. The Morgan fingerprint density at radius 1 is 0.923 bits per heavy atom. The highest BCUT2D eigenvalue weighted by Gasteiger charge is 2.00. The molecule has 0 heteroatoms. The summed E-state index contributed by atoms with van der Waals surface area (Å²) in [5, 5.41) is 0. The summed E-state index contributed by atoms with van der Waals surface area (Å²) in [6.45, 7) is 4.11. The fourth-order valence-electron chi connectivity index (χ4n) is 1.38. The predicted molar refractivity (Wildman–Crippen MR) is 58.8 cm³/mol. The van der Waals surface area contributed by atoms with Crippen LogP contribution in [0.15, 0.2) is 54.6 Å². The molecule has 0 aromatic heterocycles. The summed E-state index contributed by atoms with van der Waals surface area (Å²) in [4.78, 5) is 0. The molecule has 0 aliphatic rings. The van der Waals surface area contributed by atoms with Crippen molar-refractivity contribution < 1.29 is 0 Å². The molecule has 68 valence electrons. The molecule has 13 heavy (non-hydrogen) atoms. The van der Waals surface area contributed by atoms with E-state index in [1.54, 1.807) is 0 Å². The van der Waals surface area contributed by atoms with E-state index in [2.05, 4.69) is 62.4 Å². The van der Waals surface area contributed by atoms with Crippen LogP contribution in [0.25, 0.3) is 0 Å². The topological polar surface area (TPSA) is 0 Å². The van der Waals surface area contributed by atoms with Crippen LogP contribution in [0.4, 0.5) is 0 Å². The molecule has 1 aromatic rings. The quantitative estimate of drug-likeness (QED) is 0.606. The summed E-state index contributed by atoms with van der Waals surface area (Å²) in [6.07, 6.45) is 8.60. The van der Waals surface area contributed by atoms with Crippen LogP contribution in [0.5, 0.6) is 0 Å². The first-order chi connectivity index (χ1) is 6.38. The SMILES string of the molecule is C/C=C\C(/C=C\C)c1ccccc1. The largest absolute Gasteiger partial charge is 0.0907 e. The average Bonchev–Trinajstić information content (AvgIpc) is 2.19. The van der Waals surface area contributed by atoms with Gasteiger partial charge in [-0.2, -0.15) is 0 Å². The molecule has 0 aliphatic carbocycles. The highest BCUT2D eigenvalue weighted by molar-refractivity contribution is 5.28. The monoisotopic (exact) mass is 172 g/mol. The van der Waals surface area contributed by atoms with Crippen LogP contribution in [-0.2, 0) is 0 Å². The van der Waals surface area contributed by atoms with Crippen molar-refractivity contribution in [3.05, 3.63) is 60.2 Å². The maximum atomic E-state index is 2.20. The first-order valence-electron chi connectivity index (χ1n) is 4.69. The fraction of sp³-hybridized carbons (Fsp3) is 0.231. The molecule has 0 fully saturated rings. The Labute approximate surface area is 80.6 Å². The number of rotatable bonds is 3. The van der Waals surface area contributed by atoms with Crippen LogP contribution in [0.1, 0.15) is 25.3 Å². The van der Waals surface area contributed by atoms with Gasteiger partial charge in [0.2, 0.25) is 0 Å². The lowest BCUT2D eigenvalue weighted by atomic mass is 9.98. The molecule has 0 saturated carbocycles. The van der Waals surface area contributed by atoms with E-state index in [-0.39, 0.29) is 0 Å². The molecule has 0 radical (unpaired) electrons. The molecule has 0 spiro atoms. The summed E-state index contributed by atoms with van der Waals surface area (Å²) in [7, 11) is 0. The minimum absolute atomic E-state index is 0.427. The average molecular weight is 172 g/mol. The van der Waals surface area contributed by atoms with Gasteiger partial charge in [0.1, 0.15) is 0 Å². The zero-order valence-corrected chi connectivity index (χ0v) is 8.27. The lowest BCUT2D eigenvalue weighted by Crippen LogP contribution is -1.89. The third-order valence-corrected chi connectivity index (χ3v) is 1.98. The van der Waals surface area contributed by atoms with E-state index in [1.165, 1.54) is 5.56 Å². The Morgan fingerprint density at radius 2 is 1.46 bits per heavy atom. The van der Waals surface area contributed by atoms with E-state index in [0.717, 1.165) is 0 Å². The number of hydrogen-bond donors (Lipinski definition) is 0. The van der Waals surface area contributed by atoms with Gasteiger partial charge in [-0.1, -0.05) is 54.6 Å². The highest BCUT2D eigenvalue weighted by Crippen LogP contribution is 2.18. The number of benzene rings is 1. The Bertz CT molecular complexity index is 268. The highest BCUT2D eigenvalue weighted by atomic mass is 14.0. The van der Waals surface area contributed by atoms with Crippen LogP contribution in [-0.4, -0.2) is 0 Å². The van der Waals surface area contributed by atoms with Crippen molar-refractivity contribution in [3.63, 3.8) is 0 Å². The van der Waals surface area contributed by atoms with Gasteiger partial charge in [0.15, 0.2) is 0 Å². The second-order valence-electron chi connectivity index (χ2n) is 2.99. The molecule has 0 nitrogen and oxygen atoms in total. The van der Waals surface area contributed by atoms with Crippen LogP contribution < -0.4 is 0 Å². The van der Waals surface area contributed by atoms with Gasteiger partial charge in [0.25, 0.3) is 0 Å². The van der Waals surface area contributed by atoms with Crippen molar-refractivity contribution in [2.75, 3.05) is 0 Å². The normalized spacial score (nSPS) is 11.9. The van der Waals surface area contributed by atoms with Gasteiger partial charge in [0.05, 0.1) is 0 Å². The van der Waals surface area contributed by atoms with Crippen molar-refractivity contribution in [2.24, 2.45) is 0 Å². The van der Waals surface area contributed by atoms with Crippen molar-refractivity contribution in [2.45, 2.75) is 19.8 Å². The van der Waals surface area contributed by atoms with Crippen molar-refractivity contribution in [1.29, 1.82) is 0 Å². The smallest absolute Gasteiger partial charge is 0.0198 e. The van der Waals surface area contributed by atoms with Crippen molar-refractivity contribution >= 4 is 0 Å². The number of hydrogen-bond acceptors (Lipinski definition) is 0. The maximum Gasteiger partial charge on any atom is 0.0198 e. The third kappa shape index (κ3) is 2.90. The zero-order valence-electron chi connectivity index (χ0n) is 8.27. The van der Waals surface area contributed by atoms with E-state index in [9.17, 15) is 0 Å². The van der Waals surface area contributed by atoms with Crippen LogP contribution >= 0.6 is 0 Å². The van der Waals surface area contributed by atoms with Gasteiger partial charge in [-0.15, -0.1) is 0 Å². The molecule has 0 saturated heterocycles. The lowest BCUT2D eigenvalue weighted by Gasteiger charge is -2.06. The van der Waals surface area contributed by atoms with E-state index >= 15 is 0 Å².